The molecule has 0 bridgehead atoms. The van der Waals surface area contributed by atoms with Gasteiger partial charge in [0.1, 0.15) is 17.4 Å². The third-order valence-corrected chi connectivity index (χ3v) is 6.14. The summed E-state index contributed by atoms with van der Waals surface area (Å²) in [6, 6.07) is 16.3. The molecular formula is C26H27ClN4O6. The summed E-state index contributed by atoms with van der Waals surface area (Å²) in [4.78, 5) is 32.3. The molecule has 0 spiro atoms. The number of aryl methyl sites for hydroxylation is 1. The lowest BCUT2D eigenvalue weighted by molar-refractivity contribution is -0.159. The second kappa shape index (κ2) is 12.0. The smallest absolute Gasteiger partial charge is 0.414 e. The van der Waals surface area contributed by atoms with Crippen LogP contribution in [0.25, 0.3) is 11.3 Å². The summed E-state index contributed by atoms with van der Waals surface area (Å²) in [5.74, 6) is -0.933. The van der Waals surface area contributed by atoms with E-state index in [9.17, 15) is 0 Å². The van der Waals surface area contributed by atoms with Gasteiger partial charge in [-0.3, -0.25) is 4.90 Å². The quantitative estimate of drug-likeness (QED) is 0.488. The van der Waals surface area contributed by atoms with E-state index >= 15 is 0 Å². The molecule has 1 fully saturated rings. The molecular weight excluding hydrogens is 500 g/mol. The number of carbonyl (C=O) groups is 2. The minimum Gasteiger partial charge on any atom is -0.473 e. The summed E-state index contributed by atoms with van der Waals surface area (Å²) in [5.41, 5.74) is 4.24. The highest BCUT2D eigenvalue weighted by atomic mass is 35.5. The van der Waals surface area contributed by atoms with E-state index in [0.29, 0.717) is 13.4 Å². The summed E-state index contributed by atoms with van der Waals surface area (Å²) in [5, 5.41) is 15.5. The number of halogens is 1. The first kappa shape index (κ1) is 26.3. The number of aromatic nitrogens is 2. The molecule has 194 valence electrons. The summed E-state index contributed by atoms with van der Waals surface area (Å²) in [7, 11) is 0. The molecule has 3 aromatic rings. The van der Waals surface area contributed by atoms with Gasteiger partial charge in [-0.15, -0.1) is 0 Å². The van der Waals surface area contributed by atoms with Gasteiger partial charge < -0.3 is 24.6 Å². The summed E-state index contributed by atoms with van der Waals surface area (Å²) in [6.45, 7) is 7.34. The Labute approximate surface area is 219 Å². The van der Waals surface area contributed by atoms with Gasteiger partial charge in [-0.2, -0.15) is 0 Å². The number of aliphatic carboxylic acids is 2. The standard InChI is InChI=1S/C24H25ClN4O2.C2H2O4/c1-17-26-22(18-5-3-2-4-6-18)13-23(27-17)29-9-7-28(8-10-29)14-19-11-21(25)12-20-15-30-16-31-24(19)20;3-1(4)2(5)6/h2-6,11-13H,7-10,14-16H2,1H3;(H,3,4)(H,5,6). The SMILES string of the molecule is Cc1nc(-c2ccccc2)cc(N2CCN(Cc3cc(Cl)cc4c3OCOC4)CC2)n1.O=C(O)C(=O)O. The fourth-order valence-electron chi connectivity index (χ4n) is 4.22. The van der Waals surface area contributed by atoms with Gasteiger partial charge in [0.2, 0.25) is 0 Å². The Balaban J connectivity index is 0.000000480. The van der Waals surface area contributed by atoms with Crippen LogP contribution in [0.1, 0.15) is 17.0 Å². The van der Waals surface area contributed by atoms with Crippen LogP contribution in [-0.2, 0) is 27.5 Å². The van der Waals surface area contributed by atoms with E-state index in [-0.39, 0.29) is 0 Å². The molecule has 2 aliphatic heterocycles. The average molecular weight is 527 g/mol. The number of hydrogen-bond acceptors (Lipinski definition) is 8. The van der Waals surface area contributed by atoms with E-state index in [1.54, 1.807) is 0 Å². The maximum Gasteiger partial charge on any atom is 0.414 e. The maximum atomic E-state index is 9.10. The molecule has 5 rings (SSSR count). The molecule has 11 heteroatoms. The van der Waals surface area contributed by atoms with E-state index in [1.165, 1.54) is 0 Å². The predicted octanol–water partition coefficient (Wildman–Crippen LogP) is 3.45. The number of nitrogens with zero attached hydrogens (tertiary/aromatic N) is 4. The van der Waals surface area contributed by atoms with Gasteiger partial charge in [-0.05, 0) is 19.1 Å². The van der Waals surface area contributed by atoms with Crippen molar-refractivity contribution < 1.29 is 29.3 Å². The zero-order chi connectivity index (χ0) is 26.4. The van der Waals surface area contributed by atoms with E-state index < -0.39 is 11.9 Å². The molecule has 2 aliphatic rings. The van der Waals surface area contributed by atoms with Gasteiger partial charge in [0.15, 0.2) is 6.79 Å². The van der Waals surface area contributed by atoms with Crippen molar-refractivity contribution >= 4 is 29.4 Å². The summed E-state index contributed by atoms with van der Waals surface area (Å²) < 4.78 is 11.2. The summed E-state index contributed by atoms with van der Waals surface area (Å²) in [6.07, 6.45) is 0. The highest BCUT2D eigenvalue weighted by Crippen LogP contribution is 2.33. The highest BCUT2D eigenvalue weighted by molar-refractivity contribution is 6.30. The Kier molecular flexibility index (Phi) is 8.54. The Morgan fingerprint density at radius 3 is 2.38 bits per heavy atom. The van der Waals surface area contributed by atoms with Crippen molar-refractivity contribution in [2.24, 2.45) is 0 Å². The third-order valence-electron chi connectivity index (χ3n) is 5.92. The molecule has 0 radical (unpaired) electrons. The minimum absolute atomic E-state index is 0.298. The second-order valence-electron chi connectivity index (χ2n) is 8.56. The van der Waals surface area contributed by atoms with Gasteiger partial charge in [0.25, 0.3) is 0 Å². The van der Waals surface area contributed by atoms with Gasteiger partial charge in [-0.25, -0.2) is 19.6 Å². The number of piperazine rings is 1. The van der Waals surface area contributed by atoms with Crippen molar-refractivity contribution in [2.45, 2.75) is 20.1 Å². The van der Waals surface area contributed by atoms with Gasteiger partial charge in [0, 0.05) is 60.5 Å². The average Bonchev–Trinajstić information content (AvgIpc) is 2.89. The zero-order valence-electron chi connectivity index (χ0n) is 20.3. The van der Waals surface area contributed by atoms with Crippen LogP contribution in [0, 0.1) is 6.92 Å². The molecule has 0 aliphatic carbocycles. The number of rotatable bonds is 4. The van der Waals surface area contributed by atoms with E-state index in [2.05, 4.69) is 33.0 Å². The van der Waals surface area contributed by atoms with Crippen LogP contribution in [0.5, 0.6) is 5.75 Å². The molecule has 1 aromatic heterocycles. The number of hydrogen-bond donors (Lipinski definition) is 2. The van der Waals surface area contributed by atoms with Crippen LogP contribution in [0.3, 0.4) is 0 Å². The summed E-state index contributed by atoms with van der Waals surface area (Å²) >= 11 is 6.33. The second-order valence-corrected chi connectivity index (χ2v) is 9.00. The molecule has 0 unspecified atom stereocenters. The topological polar surface area (TPSA) is 125 Å². The van der Waals surface area contributed by atoms with Crippen LogP contribution in [0.4, 0.5) is 5.82 Å². The molecule has 0 amide bonds. The number of carboxylic acid groups (broad SMARTS) is 2. The number of carboxylic acids is 2. The maximum absolute atomic E-state index is 9.10. The van der Waals surface area contributed by atoms with Crippen molar-refractivity contribution in [3.05, 3.63) is 70.5 Å². The fraction of sp³-hybridized carbons (Fsp3) is 0.308. The van der Waals surface area contributed by atoms with Crippen molar-refractivity contribution in [1.29, 1.82) is 0 Å². The van der Waals surface area contributed by atoms with Crippen LogP contribution >= 0.6 is 11.6 Å². The lowest BCUT2D eigenvalue weighted by Gasteiger charge is -2.36. The minimum atomic E-state index is -1.82. The van der Waals surface area contributed by atoms with Crippen molar-refractivity contribution in [3.8, 4) is 17.0 Å². The Morgan fingerprint density at radius 1 is 1.00 bits per heavy atom. The van der Waals surface area contributed by atoms with Gasteiger partial charge in [0.05, 0.1) is 12.3 Å². The molecule has 1 saturated heterocycles. The first-order valence-corrected chi connectivity index (χ1v) is 12.0. The molecule has 0 saturated carbocycles. The Bertz CT molecular complexity index is 1250. The molecule has 10 nitrogen and oxygen atoms in total. The van der Waals surface area contributed by atoms with Gasteiger partial charge >= 0.3 is 11.9 Å². The van der Waals surface area contributed by atoms with E-state index in [1.807, 2.05) is 37.3 Å². The molecule has 2 N–H and O–H groups in total. The first-order chi connectivity index (χ1) is 17.8. The van der Waals surface area contributed by atoms with Crippen LogP contribution < -0.4 is 9.64 Å². The van der Waals surface area contributed by atoms with E-state index in [0.717, 1.165) is 77.5 Å². The van der Waals surface area contributed by atoms with E-state index in [4.69, 9.17) is 45.9 Å². The van der Waals surface area contributed by atoms with Crippen molar-refractivity contribution in [1.82, 2.24) is 14.9 Å². The first-order valence-electron chi connectivity index (χ1n) is 11.7. The van der Waals surface area contributed by atoms with Crippen molar-refractivity contribution in [2.75, 3.05) is 37.9 Å². The number of fused-ring (bicyclic) bond motifs is 1. The monoisotopic (exact) mass is 526 g/mol. The molecule has 2 aromatic carbocycles. The Hall–Kier alpha value is -3.73. The van der Waals surface area contributed by atoms with Crippen LogP contribution in [-0.4, -0.2) is 70.0 Å². The zero-order valence-corrected chi connectivity index (χ0v) is 21.0. The number of benzene rings is 2. The predicted molar refractivity (Wildman–Crippen MR) is 137 cm³/mol. The fourth-order valence-corrected chi connectivity index (χ4v) is 4.48. The van der Waals surface area contributed by atoms with Crippen LogP contribution in [0.15, 0.2) is 48.5 Å². The lowest BCUT2D eigenvalue weighted by atomic mass is 10.1. The number of ether oxygens (including phenoxy) is 2. The lowest BCUT2D eigenvalue weighted by Crippen LogP contribution is -2.46. The number of anilines is 1. The Morgan fingerprint density at radius 2 is 1.70 bits per heavy atom. The normalized spacial score (nSPS) is 15.1. The van der Waals surface area contributed by atoms with Crippen LogP contribution in [0.2, 0.25) is 5.02 Å². The van der Waals surface area contributed by atoms with Crippen molar-refractivity contribution in [3.63, 3.8) is 0 Å². The molecule has 0 atom stereocenters. The highest BCUT2D eigenvalue weighted by Gasteiger charge is 2.23. The largest absolute Gasteiger partial charge is 0.473 e. The molecule has 3 heterocycles. The molecule has 37 heavy (non-hydrogen) atoms. The van der Waals surface area contributed by atoms with Gasteiger partial charge in [-0.1, -0.05) is 41.9 Å². The third kappa shape index (κ3) is 6.94.